The molecule has 0 radical (unpaired) electrons. The minimum absolute atomic E-state index is 0.678. The molecule has 2 aromatic rings. The van der Waals surface area contributed by atoms with E-state index in [1.165, 1.54) is 16.8 Å². The highest BCUT2D eigenvalue weighted by Gasteiger charge is 2.20. The molecule has 0 aliphatic carbocycles. The number of aryl methyl sites for hydroxylation is 1. The first-order valence-corrected chi connectivity index (χ1v) is 7.06. The zero-order valence-corrected chi connectivity index (χ0v) is 11.8. The molecule has 0 saturated heterocycles. The maximum Gasteiger partial charge on any atom is 0.119 e. The van der Waals surface area contributed by atoms with Gasteiger partial charge in [0.2, 0.25) is 0 Å². The summed E-state index contributed by atoms with van der Waals surface area (Å²) in [6, 6.07) is 14.3. The number of hydrogen-bond donors (Lipinski definition) is 1. The summed E-state index contributed by atoms with van der Waals surface area (Å²) in [4.78, 5) is 2.32. The van der Waals surface area contributed by atoms with Crippen LogP contribution >= 0.6 is 0 Å². The molecule has 104 valence electrons. The second-order valence-electron chi connectivity index (χ2n) is 5.26. The van der Waals surface area contributed by atoms with Crippen molar-refractivity contribution >= 4 is 11.4 Å². The number of nitrogens with zero attached hydrogens (tertiary/aromatic N) is 1. The number of nitrogen functional groups attached to an aromatic ring is 1. The molecule has 1 aliphatic heterocycles. The van der Waals surface area contributed by atoms with E-state index < -0.39 is 0 Å². The van der Waals surface area contributed by atoms with E-state index in [0.29, 0.717) is 6.61 Å². The van der Waals surface area contributed by atoms with Crippen molar-refractivity contribution in [1.82, 2.24) is 0 Å². The van der Waals surface area contributed by atoms with Crippen molar-refractivity contribution in [2.75, 3.05) is 30.3 Å². The lowest BCUT2D eigenvalue weighted by molar-refractivity contribution is 0.324. The van der Waals surface area contributed by atoms with Crippen molar-refractivity contribution in [2.45, 2.75) is 13.3 Å². The van der Waals surface area contributed by atoms with Crippen molar-refractivity contribution in [3.8, 4) is 5.75 Å². The normalized spacial score (nSPS) is 13.3. The predicted octanol–water partition coefficient (Wildman–Crippen LogP) is 3.02. The number of hydrogen-bond acceptors (Lipinski definition) is 3. The molecule has 0 aromatic heterocycles. The SMILES string of the molecule is Cc1cccc(OCCN2CCc3cccc(N)c32)c1. The molecule has 1 aliphatic rings. The molecule has 3 nitrogen and oxygen atoms in total. The first-order chi connectivity index (χ1) is 9.74. The van der Waals surface area contributed by atoms with E-state index in [4.69, 9.17) is 10.5 Å². The van der Waals surface area contributed by atoms with Gasteiger partial charge in [-0.15, -0.1) is 0 Å². The van der Waals surface area contributed by atoms with E-state index in [9.17, 15) is 0 Å². The second kappa shape index (κ2) is 5.45. The predicted molar refractivity (Wildman–Crippen MR) is 83.4 cm³/mol. The van der Waals surface area contributed by atoms with Gasteiger partial charge in [0, 0.05) is 6.54 Å². The van der Waals surface area contributed by atoms with Crippen LogP contribution in [0.1, 0.15) is 11.1 Å². The molecular weight excluding hydrogens is 248 g/mol. The van der Waals surface area contributed by atoms with Gasteiger partial charge in [0.25, 0.3) is 0 Å². The third kappa shape index (κ3) is 2.57. The monoisotopic (exact) mass is 268 g/mol. The Morgan fingerprint density at radius 1 is 1.20 bits per heavy atom. The average molecular weight is 268 g/mol. The van der Waals surface area contributed by atoms with Crippen molar-refractivity contribution < 1.29 is 4.74 Å². The zero-order chi connectivity index (χ0) is 13.9. The van der Waals surface area contributed by atoms with Crippen LogP contribution in [0.5, 0.6) is 5.75 Å². The van der Waals surface area contributed by atoms with Crippen molar-refractivity contribution in [3.05, 3.63) is 53.6 Å². The molecule has 0 unspecified atom stereocenters. The van der Waals surface area contributed by atoms with Gasteiger partial charge < -0.3 is 15.4 Å². The summed E-state index contributed by atoms with van der Waals surface area (Å²) in [6.07, 6.45) is 1.07. The van der Waals surface area contributed by atoms with Crippen LogP contribution < -0.4 is 15.4 Å². The molecule has 3 rings (SSSR count). The van der Waals surface area contributed by atoms with Crippen LogP contribution in [0.3, 0.4) is 0 Å². The summed E-state index contributed by atoms with van der Waals surface area (Å²) in [6.45, 7) is 4.65. The fourth-order valence-electron chi connectivity index (χ4n) is 2.77. The number of benzene rings is 2. The van der Waals surface area contributed by atoms with E-state index in [0.717, 1.165) is 30.9 Å². The molecular formula is C17H20N2O. The largest absolute Gasteiger partial charge is 0.492 e. The molecule has 1 heterocycles. The molecule has 0 atom stereocenters. The topological polar surface area (TPSA) is 38.5 Å². The molecule has 0 fully saturated rings. The number of para-hydroxylation sites is 1. The molecule has 0 bridgehead atoms. The Labute approximate surface area is 120 Å². The number of anilines is 2. The van der Waals surface area contributed by atoms with Gasteiger partial charge in [-0.2, -0.15) is 0 Å². The van der Waals surface area contributed by atoms with Gasteiger partial charge in [-0.05, 0) is 42.7 Å². The van der Waals surface area contributed by atoms with Gasteiger partial charge in [-0.3, -0.25) is 0 Å². The van der Waals surface area contributed by atoms with Crippen LogP contribution in [0.4, 0.5) is 11.4 Å². The highest BCUT2D eigenvalue weighted by molar-refractivity contribution is 5.74. The standard InChI is InChI=1S/C17H20N2O/c1-13-4-2-6-15(12-13)20-11-10-19-9-8-14-5-3-7-16(18)17(14)19/h2-7,12H,8-11,18H2,1H3. The van der Waals surface area contributed by atoms with E-state index in [2.05, 4.69) is 30.0 Å². The Balaban J connectivity index is 1.61. The first kappa shape index (κ1) is 12.9. The first-order valence-electron chi connectivity index (χ1n) is 7.06. The fourth-order valence-corrected chi connectivity index (χ4v) is 2.77. The second-order valence-corrected chi connectivity index (χ2v) is 5.26. The number of ether oxygens (including phenoxy) is 1. The number of rotatable bonds is 4. The van der Waals surface area contributed by atoms with E-state index >= 15 is 0 Å². The van der Waals surface area contributed by atoms with Crippen LogP contribution in [-0.4, -0.2) is 19.7 Å². The summed E-state index contributed by atoms with van der Waals surface area (Å²) in [7, 11) is 0. The highest BCUT2D eigenvalue weighted by Crippen LogP contribution is 2.33. The van der Waals surface area contributed by atoms with Crippen LogP contribution in [0, 0.1) is 6.92 Å². The summed E-state index contributed by atoms with van der Waals surface area (Å²) in [5.41, 5.74) is 10.7. The van der Waals surface area contributed by atoms with Gasteiger partial charge in [0.1, 0.15) is 12.4 Å². The van der Waals surface area contributed by atoms with Gasteiger partial charge in [-0.1, -0.05) is 24.3 Å². The quantitative estimate of drug-likeness (QED) is 0.866. The summed E-state index contributed by atoms with van der Waals surface area (Å²) < 4.78 is 5.82. The molecule has 0 saturated carbocycles. The summed E-state index contributed by atoms with van der Waals surface area (Å²) in [5, 5.41) is 0. The average Bonchev–Trinajstić information content (AvgIpc) is 2.84. The lowest BCUT2D eigenvalue weighted by Crippen LogP contribution is -2.26. The minimum Gasteiger partial charge on any atom is -0.492 e. The van der Waals surface area contributed by atoms with Gasteiger partial charge >= 0.3 is 0 Å². The van der Waals surface area contributed by atoms with Crippen LogP contribution in [0.25, 0.3) is 0 Å². The van der Waals surface area contributed by atoms with Crippen LogP contribution in [0.2, 0.25) is 0 Å². The van der Waals surface area contributed by atoms with Gasteiger partial charge in [-0.25, -0.2) is 0 Å². The summed E-state index contributed by atoms with van der Waals surface area (Å²) in [5.74, 6) is 0.936. The third-order valence-electron chi connectivity index (χ3n) is 3.74. The highest BCUT2D eigenvalue weighted by atomic mass is 16.5. The Kier molecular flexibility index (Phi) is 3.50. The van der Waals surface area contributed by atoms with Gasteiger partial charge in [0.15, 0.2) is 0 Å². The van der Waals surface area contributed by atoms with E-state index in [1.807, 2.05) is 24.3 Å². The fraction of sp³-hybridized carbons (Fsp3) is 0.294. The maximum absolute atomic E-state index is 6.08. The summed E-state index contributed by atoms with van der Waals surface area (Å²) >= 11 is 0. The Morgan fingerprint density at radius 2 is 2.05 bits per heavy atom. The van der Waals surface area contributed by atoms with Crippen molar-refractivity contribution in [2.24, 2.45) is 0 Å². The smallest absolute Gasteiger partial charge is 0.119 e. The van der Waals surface area contributed by atoms with E-state index in [-0.39, 0.29) is 0 Å². The maximum atomic E-state index is 6.08. The molecule has 3 heteroatoms. The Bertz CT molecular complexity index is 610. The lowest BCUT2D eigenvalue weighted by Gasteiger charge is -2.21. The third-order valence-corrected chi connectivity index (χ3v) is 3.74. The Hall–Kier alpha value is -2.16. The number of fused-ring (bicyclic) bond motifs is 1. The molecule has 2 aromatic carbocycles. The zero-order valence-electron chi connectivity index (χ0n) is 11.8. The Morgan fingerprint density at radius 3 is 2.90 bits per heavy atom. The van der Waals surface area contributed by atoms with E-state index in [1.54, 1.807) is 0 Å². The van der Waals surface area contributed by atoms with Gasteiger partial charge in [0.05, 0.1) is 17.9 Å². The minimum atomic E-state index is 0.678. The number of nitrogens with two attached hydrogens (primary N) is 1. The molecule has 0 spiro atoms. The van der Waals surface area contributed by atoms with Crippen LogP contribution in [0.15, 0.2) is 42.5 Å². The van der Waals surface area contributed by atoms with Crippen molar-refractivity contribution in [1.29, 1.82) is 0 Å². The van der Waals surface area contributed by atoms with Crippen molar-refractivity contribution in [3.63, 3.8) is 0 Å². The molecule has 0 amide bonds. The van der Waals surface area contributed by atoms with Crippen LogP contribution in [-0.2, 0) is 6.42 Å². The molecule has 20 heavy (non-hydrogen) atoms. The lowest BCUT2D eigenvalue weighted by atomic mass is 10.1. The molecule has 2 N–H and O–H groups in total.